The average molecular weight is 250 g/mol. The van der Waals surface area contributed by atoms with Crippen molar-refractivity contribution in [3.8, 4) is 0 Å². The molecule has 2 N–H and O–H groups in total. The highest BCUT2D eigenvalue weighted by Crippen LogP contribution is 2.21. The number of hydrogen-bond donors (Lipinski definition) is 2. The second kappa shape index (κ2) is 4.67. The Bertz CT molecular complexity index is 529. The first-order valence-electron chi connectivity index (χ1n) is 5.34. The zero-order valence-electron chi connectivity index (χ0n) is 9.94. The normalized spacial score (nSPS) is 10.8. The molecular weight excluding hydrogens is 236 g/mol. The molecule has 1 amide bonds. The molecule has 5 nitrogen and oxygen atoms in total. The fourth-order valence-electron chi connectivity index (χ4n) is 1.31. The lowest BCUT2D eigenvalue weighted by atomic mass is 10.2. The monoisotopic (exact) mass is 250 g/mol. The van der Waals surface area contributed by atoms with Crippen LogP contribution in [-0.4, -0.2) is 20.9 Å². The molecule has 0 aliphatic carbocycles. The van der Waals surface area contributed by atoms with E-state index in [0.29, 0.717) is 16.7 Å². The second-order valence-electron chi connectivity index (χ2n) is 4.07. The van der Waals surface area contributed by atoms with Gasteiger partial charge in [0.05, 0.1) is 11.9 Å². The largest absolute Gasteiger partial charge is 0.338 e. The van der Waals surface area contributed by atoms with Gasteiger partial charge in [-0.1, -0.05) is 13.8 Å². The predicted octanol–water partition coefficient (Wildman–Crippen LogP) is 2.55. The van der Waals surface area contributed by atoms with Crippen LogP contribution in [-0.2, 0) is 0 Å². The summed E-state index contributed by atoms with van der Waals surface area (Å²) in [6, 6.07) is 0. The van der Waals surface area contributed by atoms with Crippen molar-refractivity contribution in [2.75, 3.05) is 5.32 Å². The number of carbonyl (C=O) groups excluding carboxylic acids is 1. The van der Waals surface area contributed by atoms with Crippen LogP contribution >= 0.6 is 11.3 Å². The molecule has 0 saturated carbocycles. The summed E-state index contributed by atoms with van der Waals surface area (Å²) in [7, 11) is 0. The summed E-state index contributed by atoms with van der Waals surface area (Å²) in [6.45, 7) is 5.94. The number of nitrogens with zero attached hydrogens (tertiary/aromatic N) is 2. The van der Waals surface area contributed by atoms with Gasteiger partial charge in [0.15, 0.2) is 5.13 Å². The number of hydrogen-bond acceptors (Lipinski definition) is 4. The van der Waals surface area contributed by atoms with Gasteiger partial charge in [-0.25, -0.2) is 9.97 Å². The number of anilines is 1. The first kappa shape index (κ1) is 11.8. The van der Waals surface area contributed by atoms with Gasteiger partial charge >= 0.3 is 0 Å². The number of amides is 1. The summed E-state index contributed by atoms with van der Waals surface area (Å²) in [5.74, 6) is 0.874. The standard InChI is InChI=1S/C11H14N4OS/c1-6(2)9-5-17-11(14-9)15-10(16)8-4-12-7(3)13-8/h4-6H,1-3H3,(H,12,13)(H,14,15,16). The van der Waals surface area contributed by atoms with Gasteiger partial charge in [-0.3, -0.25) is 10.1 Å². The fraction of sp³-hybridized carbons (Fsp3) is 0.364. The number of nitrogens with one attached hydrogen (secondary N) is 2. The first-order valence-corrected chi connectivity index (χ1v) is 6.22. The highest BCUT2D eigenvalue weighted by Gasteiger charge is 2.11. The van der Waals surface area contributed by atoms with Crippen molar-refractivity contribution in [3.63, 3.8) is 0 Å². The molecule has 2 aromatic heterocycles. The lowest BCUT2D eigenvalue weighted by Crippen LogP contribution is -2.12. The van der Waals surface area contributed by atoms with E-state index >= 15 is 0 Å². The minimum absolute atomic E-state index is 0.213. The zero-order chi connectivity index (χ0) is 12.4. The van der Waals surface area contributed by atoms with Gasteiger partial charge in [0.2, 0.25) is 0 Å². The third-order valence-electron chi connectivity index (χ3n) is 2.28. The first-order chi connectivity index (χ1) is 8.06. The van der Waals surface area contributed by atoms with E-state index in [4.69, 9.17) is 0 Å². The second-order valence-corrected chi connectivity index (χ2v) is 4.93. The van der Waals surface area contributed by atoms with Crippen LogP contribution in [0.1, 0.15) is 41.8 Å². The van der Waals surface area contributed by atoms with E-state index in [0.717, 1.165) is 11.5 Å². The van der Waals surface area contributed by atoms with Crippen LogP contribution in [0.5, 0.6) is 0 Å². The summed E-state index contributed by atoms with van der Waals surface area (Å²) in [5.41, 5.74) is 1.44. The van der Waals surface area contributed by atoms with Gasteiger partial charge in [0, 0.05) is 5.38 Å². The van der Waals surface area contributed by atoms with Gasteiger partial charge in [0.1, 0.15) is 11.5 Å². The Morgan fingerprint density at radius 1 is 1.53 bits per heavy atom. The fourth-order valence-corrected chi connectivity index (χ4v) is 2.18. The van der Waals surface area contributed by atoms with Crippen LogP contribution in [0.15, 0.2) is 11.6 Å². The molecule has 0 saturated heterocycles. The van der Waals surface area contributed by atoms with Crippen molar-refractivity contribution in [1.29, 1.82) is 0 Å². The molecule has 0 aromatic carbocycles. The smallest absolute Gasteiger partial charge is 0.275 e. The Morgan fingerprint density at radius 3 is 2.82 bits per heavy atom. The number of aromatic amines is 1. The Kier molecular flexibility index (Phi) is 3.23. The van der Waals surface area contributed by atoms with Gasteiger partial charge < -0.3 is 4.98 Å². The summed E-state index contributed by atoms with van der Waals surface area (Å²) < 4.78 is 0. The molecule has 0 fully saturated rings. The average Bonchev–Trinajstić information content (AvgIpc) is 2.86. The highest BCUT2D eigenvalue weighted by atomic mass is 32.1. The summed E-state index contributed by atoms with van der Waals surface area (Å²) in [5, 5.41) is 5.32. The van der Waals surface area contributed by atoms with E-state index in [9.17, 15) is 4.79 Å². The Hall–Kier alpha value is -1.69. The number of aryl methyl sites for hydroxylation is 1. The number of H-pyrrole nitrogens is 1. The van der Waals surface area contributed by atoms with E-state index < -0.39 is 0 Å². The summed E-state index contributed by atoms with van der Waals surface area (Å²) in [4.78, 5) is 23.0. The number of rotatable bonds is 3. The van der Waals surface area contributed by atoms with E-state index in [1.807, 2.05) is 5.38 Å². The molecule has 0 radical (unpaired) electrons. The van der Waals surface area contributed by atoms with Crippen LogP contribution < -0.4 is 5.32 Å². The third kappa shape index (κ3) is 2.71. The van der Waals surface area contributed by atoms with Gasteiger partial charge in [-0.05, 0) is 12.8 Å². The topological polar surface area (TPSA) is 70.7 Å². The van der Waals surface area contributed by atoms with Crippen LogP contribution in [0.4, 0.5) is 5.13 Å². The van der Waals surface area contributed by atoms with E-state index in [1.165, 1.54) is 17.5 Å². The molecule has 2 rings (SSSR count). The Balaban J connectivity index is 2.07. The molecule has 0 bridgehead atoms. The lowest BCUT2D eigenvalue weighted by Gasteiger charge is -1.99. The lowest BCUT2D eigenvalue weighted by molar-refractivity contribution is 0.102. The van der Waals surface area contributed by atoms with Crippen molar-refractivity contribution in [2.45, 2.75) is 26.7 Å². The molecule has 0 atom stereocenters. The molecular formula is C11H14N4OS. The maximum absolute atomic E-state index is 11.8. The molecule has 90 valence electrons. The van der Waals surface area contributed by atoms with Gasteiger partial charge in [-0.15, -0.1) is 11.3 Å². The molecule has 0 aliphatic heterocycles. The van der Waals surface area contributed by atoms with E-state index in [-0.39, 0.29) is 5.91 Å². The van der Waals surface area contributed by atoms with Crippen LogP contribution in [0.25, 0.3) is 0 Å². The van der Waals surface area contributed by atoms with Crippen molar-refractivity contribution < 1.29 is 4.79 Å². The molecule has 0 spiro atoms. The maximum atomic E-state index is 11.8. The Labute approximate surface area is 103 Å². The maximum Gasteiger partial charge on any atom is 0.275 e. The van der Waals surface area contributed by atoms with E-state index in [1.54, 1.807) is 6.92 Å². The minimum Gasteiger partial charge on any atom is -0.338 e. The molecule has 17 heavy (non-hydrogen) atoms. The number of aromatic nitrogens is 3. The van der Waals surface area contributed by atoms with Crippen LogP contribution in [0, 0.1) is 6.92 Å². The van der Waals surface area contributed by atoms with Gasteiger partial charge in [-0.2, -0.15) is 0 Å². The molecule has 0 unspecified atom stereocenters. The summed E-state index contributed by atoms with van der Waals surface area (Å²) >= 11 is 1.43. The van der Waals surface area contributed by atoms with Crippen LogP contribution in [0.2, 0.25) is 0 Å². The predicted molar refractivity (Wildman–Crippen MR) is 67.5 cm³/mol. The quantitative estimate of drug-likeness (QED) is 0.879. The van der Waals surface area contributed by atoms with Crippen LogP contribution in [0.3, 0.4) is 0 Å². The molecule has 2 heterocycles. The van der Waals surface area contributed by atoms with Crippen molar-refractivity contribution in [3.05, 3.63) is 28.8 Å². The number of imidazole rings is 1. The van der Waals surface area contributed by atoms with Crippen molar-refractivity contribution in [1.82, 2.24) is 15.0 Å². The van der Waals surface area contributed by atoms with Crippen molar-refractivity contribution in [2.24, 2.45) is 0 Å². The minimum atomic E-state index is -0.213. The highest BCUT2D eigenvalue weighted by molar-refractivity contribution is 7.14. The Morgan fingerprint density at radius 2 is 2.29 bits per heavy atom. The summed E-state index contributed by atoms with van der Waals surface area (Å²) in [6.07, 6.45) is 1.52. The molecule has 6 heteroatoms. The number of thiazole rings is 1. The van der Waals surface area contributed by atoms with Crippen molar-refractivity contribution >= 4 is 22.4 Å². The molecule has 0 aliphatic rings. The van der Waals surface area contributed by atoms with E-state index in [2.05, 4.69) is 34.1 Å². The number of carbonyl (C=O) groups is 1. The SMILES string of the molecule is Cc1ncc(C(=O)Nc2nc(C(C)C)cs2)[nH]1. The van der Waals surface area contributed by atoms with Gasteiger partial charge in [0.25, 0.3) is 5.91 Å². The third-order valence-corrected chi connectivity index (χ3v) is 3.06. The zero-order valence-corrected chi connectivity index (χ0v) is 10.8. The molecule has 2 aromatic rings.